The molecule has 0 fully saturated rings. The molecule has 0 saturated heterocycles. The van der Waals surface area contributed by atoms with Crippen LogP contribution in [0, 0.1) is 12.7 Å². The summed E-state index contributed by atoms with van der Waals surface area (Å²) in [6.07, 6.45) is 3.78. The Kier molecular flexibility index (Phi) is 5.24. The number of nitrogens with one attached hydrogen (secondary N) is 1. The van der Waals surface area contributed by atoms with Crippen LogP contribution in [0.25, 0.3) is 0 Å². The summed E-state index contributed by atoms with van der Waals surface area (Å²) in [7, 11) is 0. The number of hydrogen-bond donors (Lipinski definition) is 1. The van der Waals surface area contributed by atoms with Gasteiger partial charge in [0.2, 0.25) is 0 Å². The Hall–Kier alpha value is -1.74. The van der Waals surface area contributed by atoms with Crippen LogP contribution in [0.3, 0.4) is 0 Å². The van der Waals surface area contributed by atoms with Crippen LogP contribution in [-0.2, 0) is 6.42 Å². The van der Waals surface area contributed by atoms with Gasteiger partial charge in [-0.25, -0.2) is 4.39 Å². The second-order valence-electron chi connectivity index (χ2n) is 5.07. The van der Waals surface area contributed by atoms with Crippen molar-refractivity contribution in [3.8, 4) is 0 Å². The van der Waals surface area contributed by atoms with Crippen molar-refractivity contribution >= 4 is 0 Å². The van der Waals surface area contributed by atoms with E-state index in [2.05, 4.69) is 23.3 Å². The van der Waals surface area contributed by atoms with Gasteiger partial charge >= 0.3 is 0 Å². The maximum Gasteiger partial charge on any atom is 0.123 e. The van der Waals surface area contributed by atoms with E-state index in [9.17, 15) is 4.39 Å². The average Bonchev–Trinajstić information content (AvgIpc) is 2.45. The first-order valence-electron chi connectivity index (χ1n) is 7.09. The number of benzene rings is 1. The van der Waals surface area contributed by atoms with Crippen molar-refractivity contribution in [2.24, 2.45) is 0 Å². The van der Waals surface area contributed by atoms with E-state index in [4.69, 9.17) is 0 Å². The van der Waals surface area contributed by atoms with Crippen molar-refractivity contribution in [3.63, 3.8) is 0 Å². The van der Waals surface area contributed by atoms with Gasteiger partial charge in [0.15, 0.2) is 0 Å². The topological polar surface area (TPSA) is 24.9 Å². The molecule has 0 amide bonds. The minimum Gasteiger partial charge on any atom is -0.310 e. The molecule has 2 rings (SSSR count). The summed E-state index contributed by atoms with van der Waals surface area (Å²) in [6, 6.07) is 11.1. The first-order valence-corrected chi connectivity index (χ1v) is 7.09. The molecule has 1 heterocycles. The zero-order valence-corrected chi connectivity index (χ0v) is 12.1. The molecule has 2 nitrogen and oxygen atoms in total. The van der Waals surface area contributed by atoms with Crippen LogP contribution in [0.15, 0.2) is 42.6 Å². The van der Waals surface area contributed by atoms with E-state index in [1.807, 2.05) is 31.3 Å². The zero-order valence-electron chi connectivity index (χ0n) is 12.1. The van der Waals surface area contributed by atoms with Gasteiger partial charge in [0.25, 0.3) is 0 Å². The highest BCUT2D eigenvalue weighted by molar-refractivity contribution is 5.24. The molecule has 3 heteroatoms. The predicted octanol–water partition coefficient (Wildman–Crippen LogP) is 3.81. The monoisotopic (exact) mass is 272 g/mol. The van der Waals surface area contributed by atoms with Crippen LogP contribution in [0.4, 0.5) is 4.39 Å². The van der Waals surface area contributed by atoms with Crippen molar-refractivity contribution in [2.45, 2.75) is 32.7 Å². The Labute approximate surface area is 120 Å². The molecule has 1 aromatic heterocycles. The maximum atomic E-state index is 13.0. The van der Waals surface area contributed by atoms with E-state index < -0.39 is 0 Å². The van der Waals surface area contributed by atoms with Crippen molar-refractivity contribution in [3.05, 3.63) is 65.2 Å². The Morgan fingerprint density at radius 2 is 1.95 bits per heavy atom. The van der Waals surface area contributed by atoms with Gasteiger partial charge in [-0.05, 0) is 61.7 Å². The SMILES string of the molecule is CCCNC(Cc1ccc(F)cc1)c1ccnc(C)c1. The van der Waals surface area contributed by atoms with Gasteiger partial charge in [0.1, 0.15) is 5.82 Å². The van der Waals surface area contributed by atoms with E-state index in [0.29, 0.717) is 0 Å². The molecule has 0 saturated carbocycles. The van der Waals surface area contributed by atoms with Gasteiger partial charge in [-0.15, -0.1) is 0 Å². The van der Waals surface area contributed by atoms with Gasteiger partial charge in [0, 0.05) is 17.9 Å². The van der Waals surface area contributed by atoms with Crippen molar-refractivity contribution in [1.82, 2.24) is 10.3 Å². The molecular formula is C17H21FN2. The number of halogens is 1. The summed E-state index contributed by atoms with van der Waals surface area (Å²) in [5.41, 5.74) is 3.38. The minimum absolute atomic E-state index is 0.188. The standard InChI is InChI=1S/C17H21FN2/c1-3-9-20-17(15-8-10-19-13(2)11-15)12-14-4-6-16(18)7-5-14/h4-8,10-11,17,20H,3,9,12H2,1-2H3. The molecular weight excluding hydrogens is 251 g/mol. The van der Waals surface area contributed by atoms with Crippen LogP contribution in [0.5, 0.6) is 0 Å². The summed E-state index contributed by atoms with van der Waals surface area (Å²) in [4.78, 5) is 4.24. The maximum absolute atomic E-state index is 13.0. The molecule has 0 aliphatic rings. The molecule has 0 aliphatic heterocycles. The Balaban J connectivity index is 2.16. The highest BCUT2D eigenvalue weighted by atomic mass is 19.1. The second kappa shape index (κ2) is 7.15. The largest absolute Gasteiger partial charge is 0.310 e. The average molecular weight is 272 g/mol. The zero-order chi connectivity index (χ0) is 14.4. The molecule has 0 spiro atoms. The molecule has 20 heavy (non-hydrogen) atoms. The number of aromatic nitrogens is 1. The van der Waals surface area contributed by atoms with E-state index in [1.165, 1.54) is 17.7 Å². The highest BCUT2D eigenvalue weighted by Crippen LogP contribution is 2.19. The van der Waals surface area contributed by atoms with Crippen molar-refractivity contribution in [2.75, 3.05) is 6.54 Å². The third-order valence-corrected chi connectivity index (χ3v) is 3.32. The number of nitrogens with zero attached hydrogens (tertiary/aromatic N) is 1. The molecule has 0 aliphatic carbocycles. The van der Waals surface area contributed by atoms with Gasteiger partial charge in [-0.3, -0.25) is 4.98 Å². The first kappa shape index (κ1) is 14.7. The van der Waals surface area contributed by atoms with Gasteiger partial charge in [0.05, 0.1) is 0 Å². The van der Waals surface area contributed by atoms with Crippen molar-refractivity contribution in [1.29, 1.82) is 0 Å². The molecule has 0 radical (unpaired) electrons. The molecule has 1 atom stereocenters. The lowest BCUT2D eigenvalue weighted by Crippen LogP contribution is -2.24. The van der Waals surface area contributed by atoms with E-state index >= 15 is 0 Å². The first-order chi connectivity index (χ1) is 9.69. The van der Waals surface area contributed by atoms with Gasteiger partial charge in [-0.1, -0.05) is 19.1 Å². The van der Waals surface area contributed by atoms with E-state index in [-0.39, 0.29) is 11.9 Å². The predicted molar refractivity (Wildman–Crippen MR) is 80.1 cm³/mol. The van der Waals surface area contributed by atoms with Gasteiger partial charge in [-0.2, -0.15) is 0 Å². The smallest absolute Gasteiger partial charge is 0.123 e. The summed E-state index contributed by atoms with van der Waals surface area (Å²) in [5, 5.41) is 3.55. The lowest BCUT2D eigenvalue weighted by Gasteiger charge is -2.19. The fourth-order valence-electron chi connectivity index (χ4n) is 2.27. The third kappa shape index (κ3) is 4.14. The number of aryl methyl sites for hydroxylation is 1. The van der Waals surface area contributed by atoms with E-state index in [0.717, 1.165) is 30.6 Å². The fraction of sp³-hybridized carbons (Fsp3) is 0.353. The number of hydrogen-bond acceptors (Lipinski definition) is 2. The molecule has 0 bridgehead atoms. The van der Waals surface area contributed by atoms with Crippen LogP contribution in [-0.4, -0.2) is 11.5 Å². The molecule has 1 aromatic carbocycles. The normalized spacial score (nSPS) is 12.3. The van der Waals surface area contributed by atoms with Crippen LogP contribution in [0.1, 0.15) is 36.2 Å². The lowest BCUT2D eigenvalue weighted by atomic mass is 9.99. The summed E-state index contributed by atoms with van der Waals surface area (Å²) in [5.74, 6) is -0.188. The Morgan fingerprint density at radius 3 is 2.60 bits per heavy atom. The third-order valence-electron chi connectivity index (χ3n) is 3.32. The van der Waals surface area contributed by atoms with Gasteiger partial charge < -0.3 is 5.32 Å². The van der Waals surface area contributed by atoms with Crippen LogP contribution >= 0.6 is 0 Å². The summed E-state index contributed by atoms with van der Waals surface area (Å²) >= 11 is 0. The summed E-state index contributed by atoms with van der Waals surface area (Å²) in [6.45, 7) is 5.12. The van der Waals surface area contributed by atoms with E-state index in [1.54, 1.807) is 0 Å². The number of pyridine rings is 1. The molecule has 1 unspecified atom stereocenters. The molecule has 2 aromatic rings. The number of rotatable bonds is 6. The Bertz CT molecular complexity index is 537. The molecule has 1 N–H and O–H groups in total. The lowest BCUT2D eigenvalue weighted by molar-refractivity contribution is 0.528. The van der Waals surface area contributed by atoms with Crippen LogP contribution < -0.4 is 5.32 Å². The Morgan fingerprint density at radius 1 is 1.20 bits per heavy atom. The molecule has 106 valence electrons. The fourth-order valence-corrected chi connectivity index (χ4v) is 2.27. The minimum atomic E-state index is -0.188. The van der Waals surface area contributed by atoms with Crippen LogP contribution in [0.2, 0.25) is 0 Å². The van der Waals surface area contributed by atoms with Crippen molar-refractivity contribution < 1.29 is 4.39 Å². The second-order valence-corrected chi connectivity index (χ2v) is 5.07. The highest BCUT2D eigenvalue weighted by Gasteiger charge is 2.12. The summed E-state index contributed by atoms with van der Waals surface area (Å²) < 4.78 is 13.0. The quantitative estimate of drug-likeness (QED) is 0.865.